The summed E-state index contributed by atoms with van der Waals surface area (Å²) < 4.78 is 7.32. The maximum Gasteiger partial charge on any atom is 0.161 e. The highest BCUT2D eigenvalue weighted by atomic mass is 16.5. The van der Waals surface area contributed by atoms with E-state index in [9.17, 15) is 0 Å². The molecule has 5 nitrogen and oxygen atoms in total. The molecular weight excluding hydrogens is 252 g/mol. The number of nitrogens with zero attached hydrogens (tertiary/aromatic N) is 3. The first kappa shape index (κ1) is 14.5. The molecule has 0 spiro atoms. The fourth-order valence-electron chi connectivity index (χ4n) is 2.44. The molecule has 5 heteroatoms. The first-order valence-corrected chi connectivity index (χ1v) is 6.87. The number of rotatable bonds is 5. The highest BCUT2D eigenvalue weighted by Crippen LogP contribution is 2.28. The lowest BCUT2D eigenvalue weighted by Gasteiger charge is -2.17. The van der Waals surface area contributed by atoms with Crippen molar-refractivity contribution in [3.8, 4) is 5.75 Å². The second kappa shape index (κ2) is 6.05. The van der Waals surface area contributed by atoms with Crippen LogP contribution in [-0.4, -0.2) is 21.9 Å². The summed E-state index contributed by atoms with van der Waals surface area (Å²) in [6.45, 7) is 6.90. The van der Waals surface area contributed by atoms with Crippen LogP contribution in [0, 0.1) is 13.8 Å². The maximum absolute atomic E-state index is 6.44. The molecule has 2 rings (SSSR count). The van der Waals surface area contributed by atoms with E-state index in [0.717, 1.165) is 41.4 Å². The van der Waals surface area contributed by atoms with Crippen LogP contribution in [0.15, 0.2) is 18.3 Å². The Kier molecular flexibility index (Phi) is 4.39. The SMILES string of the molecule is CCCn1ncc(OC)c1C(N)c1cc(C)nc(C)c1. The van der Waals surface area contributed by atoms with Gasteiger partial charge in [0, 0.05) is 17.9 Å². The van der Waals surface area contributed by atoms with Gasteiger partial charge in [-0.1, -0.05) is 6.92 Å². The van der Waals surface area contributed by atoms with E-state index in [-0.39, 0.29) is 6.04 Å². The number of hydrogen-bond acceptors (Lipinski definition) is 4. The zero-order chi connectivity index (χ0) is 14.7. The van der Waals surface area contributed by atoms with Crippen molar-refractivity contribution in [2.75, 3.05) is 7.11 Å². The molecule has 0 amide bonds. The number of nitrogens with two attached hydrogens (primary N) is 1. The Hall–Kier alpha value is -1.88. The topological polar surface area (TPSA) is 66.0 Å². The van der Waals surface area contributed by atoms with Crippen molar-refractivity contribution in [2.45, 2.75) is 39.8 Å². The molecule has 0 bridgehead atoms. The fraction of sp³-hybridized carbons (Fsp3) is 0.467. The van der Waals surface area contributed by atoms with Crippen LogP contribution in [0.5, 0.6) is 5.75 Å². The lowest BCUT2D eigenvalue weighted by molar-refractivity contribution is 0.404. The fourth-order valence-corrected chi connectivity index (χ4v) is 2.44. The van der Waals surface area contributed by atoms with Gasteiger partial charge in [0.15, 0.2) is 5.75 Å². The standard InChI is InChI=1S/C15H22N4O/c1-5-6-19-15(13(20-4)9-17-19)14(16)12-7-10(2)18-11(3)8-12/h7-9,14H,5-6,16H2,1-4H3. The van der Waals surface area contributed by atoms with Gasteiger partial charge in [-0.3, -0.25) is 9.67 Å². The molecule has 0 radical (unpaired) electrons. The smallest absolute Gasteiger partial charge is 0.161 e. The van der Waals surface area contributed by atoms with Gasteiger partial charge >= 0.3 is 0 Å². The van der Waals surface area contributed by atoms with Crippen LogP contribution in [-0.2, 0) is 6.54 Å². The van der Waals surface area contributed by atoms with Gasteiger partial charge in [-0.15, -0.1) is 0 Å². The number of hydrogen-bond donors (Lipinski definition) is 1. The molecule has 1 unspecified atom stereocenters. The highest BCUT2D eigenvalue weighted by Gasteiger charge is 2.20. The zero-order valence-corrected chi connectivity index (χ0v) is 12.6. The van der Waals surface area contributed by atoms with Crippen LogP contribution in [0.3, 0.4) is 0 Å². The highest BCUT2D eigenvalue weighted by molar-refractivity contribution is 5.37. The van der Waals surface area contributed by atoms with E-state index >= 15 is 0 Å². The molecular formula is C15H22N4O. The molecule has 2 heterocycles. The molecule has 0 aromatic carbocycles. The van der Waals surface area contributed by atoms with E-state index < -0.39 is 0 Å². The number of ether oxygens (including phenoxy) is 1. The van der Waals surface area contributed by atoms with Crippen molar-refractivity contribution in [3.05, 3.63) is 41.0 Å². The maximum atomic E-state index is 6.44. The van der Waals surface area contributed by atoms with Crippen LogP contribution in [0.4, 0.5) is 0 Å². The molecule has 2 aromatic rings. The number of aromatic nitrogens is 3. The lowest BCUT2D eigenvalue weighted by atomic mass is 10.0. The minimum Gasteiger partial charge on any atom is -0.493 e. The van der Waals surface area contributed by atoms with E-state index in [0.29, 0.717) is 0 Å². The van der Waals surface area contributed by atoms with Crippen molar-refractivity contribution in [1.29, 1.82) is 0 Å². The minimum atomic E-state index is -0.264. The normalized spacial score (nSPS) is 12.4. The molecule has 0 aliphatic rings. The van der Waals surface area contributed by atoms with Crippen LogP contribution in [0.2, 0.25) is 0 Å². The summed E-state index contributed by atoms with van der Waals surface area (Å²) in [4.78, 5) is 4.39. The second-order valence-electron chi connectivity index (χ2n) is 4.98. The third-order valence-corrected chi connectivity index (χ3v) is 3.26. The molecule has 20 heavy (non-hydrogen) atoms. The van der Waals surface area contributed by atoms with Crippen LogP contribution >= 0.6 is 0 Å². The first-order chi connectivity index (χ1) is 9.56. The van der Waals surface area contributed by atoms with Gasteiger partial charge in [0.2, 0.25) is 0 Å². The van der Waals surface area contributed by atoms with Crippen molar-refractivity contribution >= 4 is 0 Å². The predicted molar refractivity (Wildman–Crippen MR) is 78.8 cm³/mol. The van der Waals surface area contributed by atoms with Crippen molar-refractivity contribution in [3.63, 3.8) is 0 Å². The van der Waals surface area contributed by atoms with Crippen LogP contribution in [0.1, 0.15) is 42.0 Å². The molecule has 0 saturated carbocycles. The summed E-state index contributed by atoms with van der Waals surface area (Å²) in [5.41, 5.74) is 10.3. The van der Waals surface area contributed by atoms with E-state index in [4.69, 9.17) is 10.5 Å². The van der Waals surface area contributed by atoms with Gasteiger partial charge in [0.05, 0.1) is 19.3 Å². The summed E-state index contributed by atoms with van der Waals surface area (Å²) in [6.07, 6.45) is 2.73. The summed E-state index contributed by atoms with van der Waals surface area (Å²) in [7, 11) is 1.65. The molecule has 0 aliphatic carbocycles. The van der Waals surface area contributed by atoms with Crippen molar-refractivity contribution < 1.29 is 4.74 Å². The first-order valence-electron chi connectivity index (χ1n) is 6.87. The van der Waals surface area contributed by atoms with Crippen LogP contribution < -0.4 is 10.5 Å². The lowest BCUT2D eigenvalue weighted by Crippen LogP contribution is -2.19. The van der Waals surface area contributed by atoms with Gasteiger partial charge in [-0.2, -0.15) is 5.10 Å². The molecule has 0 fully saturated rings. The molecule has 0 aliphatic heterocycles. The Bertz CT molecular complexity index is 571. The summed E-state index contributed by atoms with van der Waals surface area (Å²) in [5.74, 6) is 0.734. The average molecular weight is 274 g/mol. The predicted octanol–water partition coefficient (Wildman–Crippen LogP) is 2.36. The van der Waals surface area contributed by atoms with Gasteiger partial charge < -0.3 is 10.5 Å². The molecule has 108 valence electrons. The number of pyridine rings is 1. The number of aryl methyl sites for hydroxylation is 3. The molecule has 2 N–H and O–H groups in total. The summed E-state index contributed by atoms with van der Waals surface area (Å²) >= 11 is 0. The molecule has 0 saturated heterocycles. The summed E-state index contributed by atoms with van der Waals surface area (Å²) in [5, 5.41) is 4.36. The Morgan fingerprint density at radius 1 is 1.30 bits per heavy atom. The largest absolute Gasteiger partial charge is 0.493 e. The zero-order valence-electron chi connectivity index (χ0n) is 12.6. The Labute approximate surface area is 119 Å². The molecule has 2 aromatic heterocycles. The third-order valence-electron chi connectivity index (χ3n) is 3.26. The monoisotopic (exact) mass is 274 g/mol. The van der Waals surface area contributed by atoms with Gasteiger partial charge in [0.1, 0.15) is 5.69 Å². The van der Waals surface area contributed by atoms with E-state index in [1.807, 2.05) is 30.7 Å². The van der Waals surface area contributed by atoms with Crippen molar-refractivity contribution in [2.24, 2.45) is 5.73 Å². The number of methoxy groups -OCH3 is 1. The van der Waals surface area contributed by atoms with Gasteiger partial charge in [-0.05, 0) is 38.0 Å². The van der Waals surface area contributed by atoms with Crippen LogP contribution in [0.25, 0.3) is 0 Å². The molecule has 1 atom stereocenters. The van der Waals surface area contributed by atoms with Gasteiger partial charge in [-0.25, -0.2) is 0 Å². The van der Waals surface area contributed by atoms with Gasteiger partial charge in [0.25, 0.3) is 0 Å². The summed E-state index contributed by atoms with van der Waals surface area (Å²) in [6, 6.07) is 3.76. The Morgan fingerprint density at radius 2 is 1.95 bits per heavy atom. The minimum absolute atomic E-state index is 0.264. The van der Waals surface area contributed by atoms with Crippen molar-refractivity contribution in [1.82, 2.24) is 14.8 Å². The third kappa shape index (κ3) is 2.82. The average Bonchev–Trinajstić information content (AvgIpc) is 2.80. The quantitative estimate of drug-likeness (QED) is 0.909. The Balaban J connectivity index is 2.45. The second-order valence-corrected chi connectivity index (χ2v) is 4.98. The van der Waals surface area contributed by atoms with E-state index in [2.05, 4.69) is 17.0 Å². The van der Waals surface area contributed by atoms with E-state index in [1.54, 1.807) is 13.3 Å². The Morgan fingerprint density at radius 3 is 2.50 bits per heavy atom. The van der Waals surface area contributed by atoms with E-state index in [1.165, 1.54) is 0 Å².